The standard InChI is InChI=1S/C23H29NO5/c1-16-9-8-12-23(24-16,18-10-6-5-7-11-18)15-29-22(25)17-13-19(26-2)21(28-4)20(14-17)27-3/h5-7,10-11,13-14,16,24H,8-9,12,15H2,1-4H3. The number of carbonyl (C=O) groups is 1. The number of hydrogen-bond donors (Lipinski definition) is 1. The summed E-state index contributed by atoms with van der Waals surface area (Å²) in [5.74, 6) is 0.844. The molecule has 3 rings (SSSR count). The first-order chi connectivity index (χ1) is 14.0. The van der Waals surface area contributed by atoms with Gasteiger partial charge in [-0.2, -0.15) is 0 Å². The second-order valence-corrected chi connectivity index (χ2v) is 7.38. The van der Waals surface area contributed by atoms with E-state index in [1.807, 2.05) is 18.2 Å². The number of rotatable bonds is 7. The van der Waals surface area contributed by atoms with Crippen molar-refractivity contribution in [2.24, 2.45) is 0 Å². The van der Waals surface area contributed by atoms with Gasteiger partial charge in [-0.3, -0.25) is 0 Å². The van der Waals surface area contributed by atoms with Crippen LogP contribution in [0.3, 0.4) is 0 Å². The molecule has 1 N–H and O–H groups in total. The van der Waals surface area contributed by atoms with E-state index in [9.17, 15) is 4.79 Å². The molecule has 0 aliphatic carbocycles. The SMILES string of the molecule is COc1cc(C(=O)OCC2(c3ccccc3)CCCC(C)N2)cc(OC)c1OC. The minimum absolute atomic E-state index is 0.247. The fraction of sp³-hybridized carbons (Fsp3) is 0.435. The van der Waals surface area contributed by atoms with Crippen molar-refractivity contribution in [2.45, 2.75) is 37.8 Å². The Morgan fingerprint density at radius 2 is 1.72 bits per heavy atom. The summed E-state index contributed by atoms with van der Waals surface area (Å²) >= 11 is 0. The molecule has 29 heavy (non-hydrogen) atoms. The lowest BCUT2D eigenvalue weighted by molar-refractivity contribution is 0.0282. The number of carbonyl (C=O) groups excluding carboxylic acids is 1. The molecule has 1 saturated heterocycles. The second-order valence-electron chi connectivity index (χ2n) is 7.38. The average Bonchev–Trinajstić information content (AvgIpc) is 2.77. The maximum absolute atomic E-state index is 12.9. The molecule has 2 aromatic rings. The molecule has 1 heterocycles. The van der Waals surface area contributed by atoms with Crippen molar-refractivity contribution >= 4 is 5.97 Å². The van der Waals surface area contributed by atoms with Gasteiger partial charge in [0.25, 0.3) is 0 Å². The molecule has 2 atom stereocenters. The van der Waals surface area contributed by atoms with Gasteiger partial charge in [0.15, 0.2) is 11.5 Å². The van der Waals surface area contributed by atoms with Crippen molar-refractivity contribution in [3.05, 3.63) is 53.6 Å². The van der Waals surface area contributed by atoms with Gasteiger partial charge in [-0.25, -0.2) is 4.79 Å². The fourth-order valence-electron chi connectivity index (χ4n) is 3.98. The van der Waals surface area contributed by atoms with Crippen LogP contribution in [0.25, 0.3) is 0 Å². The van der Waals surface area contributed by atoms with Gasteiger partial charge in [-0.05, 0) is 43.9 Å². The quantitative estimate of drug-likeness (QED) is 0.712. The maximum Gasteiger partial charge on any atom is 0.338 e. The number of hydrogen-bond acceptors (Lipinski definition) is 6. The Morgan fingerprint density at radius 3 is 2.28 bits per heavy atom. The van der Waals surface area contributed by atoms with E-state index in [1.165, 1.54) is 21.3 Å². The van der Waals surface area contributed by atoms with Gasteiger partial charge in [-0.15, -0.1) is 0 Å². The Labute approximate surface area is 172 Å². The molecular formula is C23H29NO5. The number of methoxy groups -OCH3 is 3. The fourth-order valence-corrected chi connectivity index (χ4v) is 3.98. The zero-order chi connectivity index (χ0) is 20.9. The number of esters is 1. The molecule has 6 heteroatoms. The molecule has 2 aromatic carbocycles. The Hall–Kier alpha value is -2.73. The lowest BCUT2D eigenvalue weighted by atomic mass is 9.81. The molecule has 156 valence electrons. The van der Waals surface area contributed by atoms with Crippen LogP contribution >= 0.6 is 0 Å². The Morgan fingerprint density at radius 1 is 1.07 bits per heavy atom. The van der Waals surface area contributed by atoms with E-state index < -0.39 is 11.5 Å². The molecule has 2 unspecified atom stereocenters. The summed E-state index contributed by atoms with van der Waals surface area (Å²) in [7, 11) is 4.56. The lowest BCUT2D eigenvalue weighted by Crippen LogP contribution is -2.53. The van der Waals surface area contributed by atoms with E-state index in [-0.39, 0.29) is 6.61 Å². The van der Waals surface area contributed by atoms with Crippen molar-refractivity contribution in [2.75, 3.05) is 27.9 Å². The summed E-state index contributed by atoms with van der Waals surface area (Å²) in [6.07, 6.45) is 3.09. The van der Waals surface area contributed by atoms with Crippen LogP contribution in [-0.4, -0.2) is 39.9 Å². The third-order valence-electron chi connectivity index (χ3n) is 5.44. The highest BCUT2D eigenvalue weighted by Gasteiger charge is 2.37. The molecule has 1 fully saturated rings. The number of nitrogens with one attached hydrogen (secondary N) is 1. The first kappa shape index (κ1) is 21.0. The predicted molar refractivity (Wildman–Crippen MR) is 111 cm³/mol. The monoisotopic (exact) mass is 399 g/mol. The Kier molecular flexibility index (Phi) is 6.64. The van der Waals surface area contributed by atoms with Crippen LogP contribution in [0.1, 0.15) is 42.1 Å². The minimum atomic E-state index is -0.431. The van der Waals surface area contributed by atoms with Crippen LogP contribution in [-0.2, 0) is 10.3 Å². The first-order valence-corrected chi connectivity index (χ1v) is 9.83. The summed E-state index contributed by atoms with van der Waals surface area (Å²) < 4.78 is 21.8. The Balaban J connectivity index is 1.84. The van der Waals surface area contributed by atoms with Crippen molar-refractivity contribution in [3.63, 3.8) is 0 Å². The van der Waals surface area contributed by atoms with Gasteiger partial charge in [0.2, 0.25) is 5.75 Å². The normalized spacial score (nSPS) is 21.3. The molecule has 0 amide bonds. The van der Waals surface area contributed by atoms with Crippen LogP contribution in [0.2, 0.25) is 0 Å². The average molecular weight is 399 g/mol. The van der Waals surface area contributed by atoms with Gasteiger partial charge in [-0.1, -0.05) is 30.3 Å². The first-order valence-electron chi connectivity index (χ1n) is 9.83. The minimum Gasteiger partial charge on any atom is -0.493 e. The number of piperidine rings is 1. The number of ether oxygens (including phenoxy) is 4. The van der Waals surface area contributed by atoms with Crippen molar-refractivity contribution in [1.29, 1.82) is 0 Å². The van der Waals surface area contributed by atoms with Crippen molar-refractivity contribution < 1.29 is 23.7 Å². The van der Waals surface area contributed by atoms with Gasteiger partial charge in [0, 0.05) is 6.04 Å². The van der Waals surface area contributed by atoms with E-state index in [0.717, 1.165) is 24.8 Å². The summed E-state index contributed by atoms with van der Waals surface area (Å²) in [5.41, 5.74) is 1.09. The molecule has 1 aliphatic rings. The molecule has 0 radical (unpaired) electrons. The van der Waals surface area contributed by atoms with Crippen LogP contribution in [0.15, 0.2) is 42.5 Å². The molecule has 1 aliphatic heterocycles. The van der Waals surface area contributed by atoms with Crippen LogP contribution in [0.5, 0.6) is 17.2 Å². The summed E-state index contributed by atoms with van der Waals surface area (Å²) in [6.45, 7) is 2.41. The van der Waals surface area contributed by atoms with Gasteiger partial charge in [0.05, 0.1) is 32.4 Å². The molecular weight excluding hydrogens is 370 g/mol. The molecule has 0 saturated carbocycles. The lowest BCUT2D eigenvalue weighted by Gasteiger charge is -2.41. The smallest absolute Gasteiger partial charge is 0.338 e. The highest BCUT2D eigenvalue weighted by atomic mass is 16.5. The predicted octanol–water partition coefficient (Wildman–Crippen LogP) is 3.93. The zero-order valence-electron chi connectivity index (χ0n) is 17.5. The topological polar surface area (TPSA) is 66.0 Å². The second kappa shape index (κ2) is 9.18. The van der Waals surface area contributed by atoms with E-state index in [4.69, 9.17) is 18.9 Å². The van der Waals surface area contributed by atoms with Crippen LogP contribution in [0, 0.1) is 0 Å². The molecule has 0 spiro atoms. The summed E-state index contributed by atoms with van der Waals surface area (Å²) in [4.78, 5) is 12.9. The van der Waals surface area contributed by atoms with Crippen molar-refractivity contribution in [1.82, 2.24) is 5.32 Å². The van der Waals surface area contributed by atoms with Crippen LogP contribution in [0.4, 0.5) is 0 Å². The molecule has 0 aromatic heterocycles. The highest BCUT2D eigenvalue weighted by Crippen LogP contribution is 2.39. The van der Waals surface area contributed by atoms with E-state index in [2.05, 4.69) is 24.4 Å². The summed E-state index contributed by atoms with van der Waals surface area (Å²) in [5, 5.41) is 3.67. The third kappa shape index (κ3) is 4.48. The van der Waals surface area contributed by atoms with E-state index in [0.29, 0.717) is 28.9 Å². The van der Waals surface area contributed by atoms with E-state index in [1.54, 1.807) is 12.1 Å². The maximum atomic E-state index is 12.9. The molecule has 6 nitrogen and oxygen atoms in total. The van der Waals surface area contributed by atoms with Gasteiger partial charge >= 0.3 is 5.97 Å². The summed E-state index contributed by atoms with van der Waals surface area (Å²) in [6, 6.07) is 13.7. The van der Waals surface area contributed by atoms with Crippen LogP contribution < -0.4 is 19.5 Å². The number of benzene rings is 2. The van der Waals surface area contributed by atoms with E-state index >= 15 is 0 Å². The van der Waals surface area contributed by atoms with Gasteiger partial charge in [0.1, 0.15) is 6.61 Å². The molecule has 0 bridgehead atoms. The zero-order valence-corrected chi connectivity index (χ0v) is 17.5. The third-order valence-corrected chi connectivity index (χ3v) is 5.44. The highest BCUT2D eigenvalue weighted by molar-refractivity contribution is 5.91. The largest absolute Gasteiger partial charge is 0.493 e. The van der Waals surface area contributed by atoms with Gasteiger partial charge < -0.3 is 24.3 Å². The Bertz CT molecular complexity index is 813. The van der Waals surface area contributed by atoms with Crippen molar-refractivity contribution in [3.8, 4) is 17.2 Å².